The van der Waals surface area contributed by atoms with Gasteiger partial charge in [0.15, 0.2) is 0 Å². The van der Waals surface area contributed by atoms with Crippen LogP contribution < -0.4 is 4.74 Å². The molecule has 0 N–H and O–H groups in total. The van der Waals surface area contributed by atoms with E-state index in [2.05, 4.69) is 11.8 Å². The second-order valence-electron chi connectivity index (χ2n) is 4.65. The second kappa shape index (κ2) is 6.77. The molecule has 0 aliphatic carbocycles. The Morgan fingerprint density at radius 1 is 1.25 bits per heavy atom. The van der Waals surface area contributed by atoms with Gasteiger partial charge in [0, 0.05) is 19.3 Å². The molecule has 0 unspecified atom stereocenters. The molecule has 0 bridgehead atoms. The molecule has 0 aliphatic heterocycles. The van der Waals surface area contributed by atoms with Gasteiger partial charge in [-0.3, -0.25) is 4.79 Å². The molecule has 0 amide bonds. The van der Waals surface area contributed by atoms with Gasteiger partial charge in [-0.2, -0.15) is 0 Å². The fourth-order valence-corrected chi connectivity index (χ4v) is 2.23. The van der Waals surface area contributed by atoms with Gasteiger partial charge in [0.05, 0.1) is 7.11 Å². The number of ether oxygens (including phenoxy) is 1. The Kier molecular flexibility index (Phi) is 4.79. The van der Waals surface area contributed by atoms with E-state index in [0.29, 0.717) is 19.3 Å². The van der Waals surface area contributed by atoms with E-state index in [1.54, 1.807) is 14.0 Å². The summed E-state index contributed by atoms with van der Waals surface area (Å²) in [6.07, 6.45) is 1.61. The fraction of sp³-hybridized carbons (Fsp3) is 0.278. The number of benzene rings is 2. The number of rotatable bonds is 5. The minimum atomic E-state index is 0.225. The van der Waals surface area contributed by atoms with Crippen LogP contribution in [0.1, 0.15) is 25.3 Å². The average Bonchev–Trinajstić information content (AvgIpc) is 2.47. The van der Waals surface area contributed by atoms with Crippen molar-refractivity contribution in [2.24, 2.45) is 0 Å². The number of hydrogen-bond donors (Lipinski definition) is 0. The summed E-state index contributed by atoms with van der Waals surface area (Å²) in [4.78, 5) is 12.0. The van der Waals surface area contributed by atoms with Crippen LogP contribution in [0.4, 0.5) is 0 Å². The first-order valence-electron chi connectivity index (χ1n) is 6.71. The second-order valence-corrected chi connectivity index (χ2v) is 4.65. The molecule has 0 saturated carbocycles. The van der Waals surface area contributed by atoms with Crippen LogP contribution in [0, 0.1) is 11.8 Å². The molecule has 20 heavy (non-hydrogen) atoms. The van der Waals surface area contributed by atoms with Crippen molar-refractivity contribution < 1.29 is 9.53 Å². The molecule has 2 aromatic rings. The largest absolute Gasteiger partial charge is 0.497 e. The number of ketones is 1. The standard InChI is InChI=1S/C18H18O2/c1-3-4-5-9-16(19)12-15-8-6-7-14-10-11-17(20-2)13-18(14)15/h6-8,10-11,13H,5,9,12H2,1-2H3. The van der Waals surface area contributed by atoms with E-state index in [4.69, 9.17) is 4.74 Å². The van der Waals surface area contributed by atoms with Crippen molar-refractivity contribution in [1.29, 1.82) is 0 Å². The van der Waals surface area contributed by atoms with Gasteiger partial charge < -0.3 is 4.74 Å². The molecule has 0 fully saturated rings. The SMILES string of the molecule is CC#CCCC(=O)Cc1cccc2ccc(OC)cc12. The molecule has 0 radical (unpaired) electrons. The molecule has 102 valence electrons. The predicted octanol–water partition coefficient (Wildman–Crippen LogP) is 3.76. The lowest BCUT2D eigenvalue weighted by Crippen LogP contribution is -2.02. The van der Waals surface area contributed by atoms with Crippen molar-refractivity contribution in [2.75, 3.05) is 7.11 Å². The molecule has 0 saturated heterocycles. The third kappa shape index (κ3) is 3.39. The zero-order valence-corrected chi connectivity index (χ0v) is 11.9. The maximum atomic E-state index is 12.0. The van der Waals surface area contributed by atoms with Crippen LogP contribution in [0.5, 0.6) is 5.75 Å². The van der Waals surface area contributed by atoms with Gasteiger partial charge in [0.1, 0.15) is 11.5 Å². The molecule has 2 heteroatoms. The van der Waals surface area contributed by atoms with Gasteiger partial charge in [-0.25, -0.2) is 0 Å². The topological polar surface area (TPSA) is 26.3 Å². The number of carbonyl (C=O) groups excluding carboxylic acids is 1. The van der Waals surface area contributed by atoms with E-state index in [-0.39, 0.29) is 5.78 Å². The van der Waals surface area contributed by atoms with Crippen molar-refractivity contribution in [1.82, 2.24) is 0 Å². The Bertz CT molecular complexity index is 675. The van der Waals surface area contributed by atoms with Crippen LogP contribution in [-0.2, 0) is 11.2 Å². The Hall–Kier alpha value is -2.27. The number of Topliss-reactive ketones (excluding diaryl/α,β-unsaturated/α-hetero) is 1. The maximum absolute atomic E-state index is 12.0. The zero-order valence-electron chi connectivity index (χ0n) is 11.9. The van der Waals surface area contributed by atoms with E-state index in [9.17, 15) is 4.79 Å². The van der Waals surface area contributed by atoms with E-state index in [1.807, 2.05) is 36.4 Å². The minimum absolute atomic E-state index is 0.225. The summed E-state index contributed by atoms with van der Waals surface area (Å²) >= 11 is 0. The molecule has 2 nitrogen and oxygen atoms in total. The average molecular weight is 266 g/mol. The van der Waals surface area contributed by atoms with E-state index < -0.39 is 0 Å². The van der Waals surface area contributed by atoms with Crippen molar-refractivity contribution in [3.8, 4) is 17.6 Å². The van der Waals surface area contributed by atoms with Crippen LogP contribution in [0.3, 0.4) is 0 Å². The summed E-state index contributed by atoms with van der Waals surface area (Å²) in [5, 5.41) is 2.21. The first-order chi connectivity index (χ1) is 9.74. The van der Waals surface area contributed by atoms with Crippen LogP contribution in [0.2, 0.25) is 0 Å². The molecule has 2 aromatic carbocycles. The lowest BCUT2D eigenvalue weighted by molar-refractivity contribution is -0.118. The Morgan fingerprint density at radius 3 is 2.85 bits per heavy atom. The highest BCUT2D eigenvalue weighted by Crippen LogP contribution is 2.24. The lowest BCUT2D eigenvalue weighted by Gasteiger charge is -2.07. The molecule has 2 rings (SSSR count). The van der Waals surface area contributed by atoms with Crippen molar-refractivity contribution >= 4 is 16.6 Å². The third-order valence-corrected chi connectivity index (χ3v) is 3.27. The minimum Gasteiger partial charge on any atom is -0.497 e. The Morgan fingerprint density at radius 2 is 2.10 bits per heavy atom. The summed E-state index contributed by atoms with van der Waals surface area (Å²) in [6, 6.07) is 12.0. The van der Waals surface area contributed by atoms with Crippen LogP contribution in [0.25, 0.3) is 10.8 Å². The van der Waals surface area contributed by atoms with Crippen molar-refractivity contribution in [3.05, 3.63) is 42.0 Å². The van der Waals surface area contributed by atoms with Crippen LogP contribution in [-0.4, -0.2) is 12.9 Å². The fourth-order valence-electron chi connectivity index (χ4n) is 2.23. The number of fused-ring (bicyclic) bond motifs is 1. The quantitative estimate of drug-likeness (QED) is 0.770. The first kappa shape index (κ1) is 14.1. The molecule has 0 atom stereocenters. The van der Waals surface area contributed by atoms with E-state index in [0.717, 1.165) is 22.1 Å². The van der Waals surface area contributed by atoms with Gasteiger partial charge in [-0.05, 0) is 35.4 Å². The molecular formula is C18H18O2. The summed E-state index contributed by atoms with van der Waals surface area (Å²) in [6.45, 7) is 1.79. The lowest BCUT2D eigenvalue weighted by atomic mass is 9.99. The number of methoxy groups -OCH3 is 1. The predicted molar refractivity (Wildman–Crippen MR) is 81.9 cm³/mol. The van der Waals surface area contributed by atoms with Gasteiger partial charge in [0.25, 0.3) is 0 Å². The highest BCUT2D eigenvalue weighted by atomic mass is 16.5. The monoisotopic (exact) mass is 266 g/mol. The summed E-state index contributed by atoms with van der Waals surface area (Å²) in [5.41, 5.74) is 1.05. The van der Waals surface area contributed by atoms with Crippen LogP contribution >= 0.6 is 0 Å². The van der Waals surface area contributed by atoms with Gasteiger partial charge in [-0.1, -0.05) is 24.3 Å². The van der Waals surface area contributed by atoms with Gasteiger partial charge in [0.2, 0.25) is 0 Å². The van der Waals surface area contributed by atoms with Gasteiger partial charge in [-0.15, -0.1) is 11.8 Å². The molecule has 0 aromatic heterocycles. The van der Waals surface area contributed by atoms with Gasteiger partial charge >= 0.3 is 0 Å². The van der Waals surface area contributed by atoms with E-state index >= 15 is 0 Å². The highest BCUT2D eigenvalue weighted by Gasteiger charge is 2.07. The van der Waals surface area contributed by atoms with Crippen LogP contribution in [0.15, 0.2) is 36.4 Å². The zero-order chi connectivity index (χ0) is 14.4. The summed E-state index contributed by atoms with van der Waals surface area (Å²) < 4.78 is 5.26. The number of hydrogen-bond acceptors (Lipinski definition) is 2. The molecule has 0 aliphatic rings. The molecule has 0 spiro atoms. The normalized spacial score (nSPS) is 9.90. The summed E-state index contributed by atoms with van der Waals surface area (Å²) in [5.74, 6) is 6.78. The number of carbonyl (C=O) groups is 1. The Labute approximate surface area is 119 Å². The summed E-state index contributed by atoms with van der Waals surface area (Å²) in [7, 11) is 1.65. The van der Waals surface area contributed by atoms with Crippen molar-refractivity contribution in [3.63, 3.8) is 0 Å². The van der Waals surface area contributed by atoms with E-state index in [1.165, 1.54) is 0 Å². The Balaban J connectivity index is 2.24. The maximum Gasteiger partial charge on any atom is 0.138 e. The third-order valence-electron chi connectivity index (χ3n) is 3.27. The molecular weight excluding hydrogens is 248 g/mol. The molecule has 0 heterocycles. The van der Waals surface area contributed by atoms with Crippen molar-refractivity contribution in [2.45, 2.75) is 26.2 Å². The highest BCUT2D eigenvalue weighted by molar-refractivity contribution is 5.91. The first-order valence-corrected chi connectivity index (χ1v) is 6.71. The smallest absolute Gasteiger partial charge is 0.138 e.